The number of halogens is 1. The molecule has 3 aromatic carbocycles. The van der Waals surface area contributed by atoms with Gasteiger partial charge in [-0.25, -0.2) is 4.39 Å². The fourth-order valence-corrected chi connectivity index (χ4v) is 7.17. The molecule has 226 valence electrons. The number of ketones is 1. The number of aromatic nitrogens is 2. The number of nitrogens with zero attached hydrogens (tertiary/aromatic N) is 3. The molecule has 1 fully saturated rings. The number of Topliss-reactive ketones (excluding diaryl/α,β-unsaturated/α-hetero) is 1. The van der Waals surface area contributed by atoms with Crippen LogP contribution in [0.4, 0.5) is 9.52 Å². The van der Waals surface area contributed by atoms with E-state index in [1.54, 1.807) is 54.6 Å². The van der Waals surface area contributed by atoms with Crippen molar-refractivity contribution >= 4 is 45.7 Å². The Morgan fingerprint density at radius 2 is 1.95 bits per heavy atom. The van der Waals surface area contributed by atoms with E-state index in [1.807, 2.05) is 13.8 Å². The number of carbonyl (C=O) groups excluding carboxylic acids is 2. The van der Waals surface area contributed by atoms with Crippen molar-refractivity contribution in [1.29, 1.82) is 0 Å². The van der Waals surface area contributed by atoms with E-state index in [1.165, 1.54) is 29.8 Å². The molecule has 1 aromatic heterocycles. The van der Waals surface area contributed by atoms with Crippen molar-refractivity contribution in [3.8, 4) is 17.2 Å². The Bertz CT molecular complexity index is 1790. The van der Waals surface area contributed by atoms with Crippen LogP contribution >= 0.6 is 23.1 Å². The molecule has 0 bridgehead atoms. The largest absolute Gasteiger partial charge is 0.507 e. The minimum absolute atomic E-state index is 0.00727. The smallest absolute Gasteiger partial charge is 0.301 e. The van der Waals surface area contributed by atoms with E-state index in [0.717, 1.165) is 22.6 Å². The molecule has 0 aliphatic carbocycles. The van der Waals surface area contributed by atoms with Crippen LogP contribution in [0.15, 0.2) is 70.6 Å². The van der Waals surface area contributed by atoms with Gasteiger partial charge in [0.2, 0.25) is 5.13 Å². The molecule has 44 heavy (non-hydrogen) atoms. The molecule has 0 radical (unpaired) electrons. The molecular formula is C32H28FN3O6S2. The zero-order valence-electron chi connectivity index (χ0n) is 24.1. The van der Waals surface area contributed by atoms with Gasteiger partial charge in [-0.15, -0.1) is 10.2 Å². The van der Waals surface area contributed by atoms with Gasteiger partial charge in [0.25, 0.3) is 5.78 Å². The normalized spacial score (nSPS) is 18.8. The number of anilines is 1. The molecule has 2 atom stereocenters. The van der Waals surface area contributed by atoms with Crippen LogP contribution < -0.4 is 19.1 Å². The van der Waals surface area contributed by atoms with Crippen molar-refractivity contribution in [2.45, 2.75) is 42.5 Å². The first-order chi connectivity index (χ1) is 21.3. The molecular weight excluding hydrogens is 605 g/mol. The van der Waals surface area contributed by atoms with E-state index in [0.29, 0.717) is 51.3 Å². The minimum atomic E-state index is -1.04. The van der Waals surface area contributed by atoms with Crippen molar-refractivity contribution in [3.05, 3.63) is 94.3 Å². The van der Waals surface area contributed by atoms with E-state index >= 15 is 0 Å². The Balaban J connectivity index is 1.42. The van der Waals surface area contributed by atoms with Crippen LogP contribution in [0.25, 0.3) is 5.76 Å². The van der Waals surface area contributed by atoms with Gasteiger partial charge in [0, 0.05) is 17.7 Å². The Labute approximate surface area is 261 Å². The van der Waals surface area contributed by atoms with E-state index in [2.05, 4.69) is 10.2 Å². The quantitative estimate of drug-likeness (QED) is 0.0744. The van der Waals surface area contributed by atoms with Gasteiger partial charge in [-0.3, -0.25) is 14.5 Å². The molecule has 12 heteroatoms. The highest BCUT2D eigenvalue weighted by atomic mass is 32.2. The SMILES string of the molecule is CCOc1ccc(C2/C(=C(\O)c3ccc4c(c3)CC(C)O4)C(=O)C(=O)N2c2nnc(SCc3ccccc3F)s2)cc1OC. The second-order valence-electron chi connectivity index (χ2n) is 10.2. The maximum atomic E-state index is 14.2. The summed E-state index contributed by atoms with van der Waals surface area (Å²) in [6, 6.07) is 15.7. The fourth-order valence-electron chi connectivity index (χ4n) is 5.31. The summed E-state index contributed by atoms with van der Waals surface area (Å²) in [6.07, 6.45) is 0.648. The first-order valence-corrected chi connectivity index (χ1v) is 15.7. The average Bonchev–Trinajstić information content (AvgIpc) is 3.71. The molecule has 2 aliphatic heterocycles. The molecule has 1 N–H and O–H groups in total. The summed E-state index contributed by atoms with van der Waals surface area (Å²) in [5.74, 6) is -0.442. The van der Waals surface area contributed by atoms with Crippen LogP contribution in [-0.2, 0) is 21.8 Å². The lowest BCUT2D eigenvalue weighted by molar-refractivity contribution is -0.132. The number of aliphatic hydroxyl groups excluding tert-OH is 1. The Hall–Kier alpha value is -4.42. The summed E-state index contributed by atoms with van der Waals surface area (Å²) in [7, 11) is 1.50. The molecule has 6 rings (SSSR count). The molecule has 4 aromatic rings. The second-order valence-corrected chi connectivity index (χ2v) is 12.4. The van der Waals surface area contributed by atoms with Crippen LogP contribution in [0.5, 0.6) is 17.2 Å². The lowest BCUT2D eigenvalue weighted by Gasteiger charge is -2.23. The maximum Gasteiger partial charge on any atom is 0.301 e. The third kappa shape index (κ3) is 5.50. The van der Waals surface area contributed by atoms with Gasteiger partial charge in [0.05, 0.1) is 25.3 Å². The summed E-state index contributed by atoms with van der Waals surface area (Å²) in [6.45, 7) is 4.21. The zero-order chi connectivity index (χ0) is 31.0. The summed E-state index contributed by atoms with van der Waals surface area (Å²) >= 11 is 2.37. The standard InChI is InChI=1S/C32H28FN3O6S2/c1-4-41-24-12-9-18(15-25(24)40-3)27-26(28(37)19-10-11-23-21(14-19)13-17(2)42-23)29(38)30(39)36(27)31-34-35-32(44-31)43-16-20-7-5-6-8-22(20)33/h5-12,14-15,17,27,37H,4,13,16H2,1-3H3/b28-26+. The number of hydrogen-bond acceptors (Lipinski definition) is 10. The van der Waals surface area contributed by atoms with Crippen LogP contribution in [0.1, 0.15) is 42.1 Å². The Morgan fingerprint density at radius 1 is 1.14 bits per heavy atom. The zero-order valence-corrected chi connectivity index (χ0v) is 25.7. The maximum absolute atomic E-state index is 14.2. The highest BCUT2D eigenvalue weighted by molar-refractivity contribution is 8.00. The highest BCUT2D eigenvalue weighted by Crippen LogP contribution is 2.46. The third-order valence-corrected chi connectivity index (χ3v) is 9.43. The molecule has 2 aliphatic rings. The number of fused-ring (bicyclic) bond motifs is 1. The number of aliphatic hydroxyl groups is 1. The lowest BCUT2D eigenvalue weighted by Crippen LogP contribution is -2.29. The number of amides is 1. The van der Waals surface area contributed by atoms with Gasteiger partial charge in [0.1, 0.15) is 23.4 Å². The second kappa shape index (κ2) is 12.3. The third-order valence-electron chi connectivity index (χ3n) is 7.33. The van der Waals surface area contributed by atoms with Crippen LogP contribution in [0.2, 0.25) is 0 Å². The topological polar surface area (TPSA) is 111 Å². The van der Waals surface area contributed by atoms with Gasteiger partial charge >= 0.3 is 5.91 Å². The molecule has 3 heterocycles. The van der Waals surface area contributed by atoms with Crippen molar-refractivity contribution < 1.29 is 33.3 Å². The summed E-state index contributed by atoms with van der Waals surface area (Å²) in [4.78, 5) is 28.6. The number of ether oxygens (including phenoxy) is 3. The van der Waals surface area contributed by atoms with Gasteiger partial charge in [-0.1, -0.05) is 47.4 Å². The molecule has 1 amide bonds. The highest BCUT2D eigenvalue weighted by Gasteiger charge is 2.48. The minimum Gasteiger partial charge on any atom is -0.507 e. The first kappa shape index (κ1) is 29.6. The number of methoxy groups -OCH3 is 1. The number of carbonyl (C=O) groups is 2. The molecule has 0 saturated carbocycles. The summed E-state index contributed by atoms with van der Waals surface area (Å²) < 4.78 is 31.7. The van der Waals surface area contributed by atoms with Crippen LogP contribution in [0.3, 0.4) is 0 Å². The van der Waals surface area contributed by atoms with Crippen LogP contribution in [-0.4, -0.2) is 46.8 Å². The lowest BCUT2D eigenvalue weighted by atomic mass is 9.94. The molecule has 2 unspecified atom stereocenters. The predicted molar refractivity (Wildman–Crippen MR) is 165 cm³/mol. The summed E-state index contributed by atoms with van der Waals surface area (Å²) in [5.41, 5.74) is 2.20. The van der Waals surface area contributed by atoms with Gasteiger partial charge in [0.15, 0.2) is 15.8 Å². The molecule has 1 saturated heterocycles. The van der Waals surface area contributed by atoms with Gasteiger partial charge in [-0.05, 0) is 66.9 Å². The van der Waals surface area contributed by atoms with Crippen molar-refractivity contribution in [3.63, 3.8) is 0 Å². The van der Waals surface area contributed by atoms with E-state index in [-0.39, 0.29) is 28.4 Å². The van der Waals surface area contributed by atoms with Crippen molar-refractivity contribution in [2.24, 2.45) is 0 Å². The Kier molecular flexibility index (Phi) is 8.28. The average molecular weight is 634 g/mol. The van der Waals surface area contributed by atoms with Crippen molar-refractivity contribution in [1.82, 2.24) is 10.2 Å². The predicted octanol–water partition coefficient (Wildman–Crippen LogP) is 6.33. The number of rotatable bonds is 9. The van der Waals surface area contributed by atoms with Gasteiger partial charge in [-0.2, -0.15) is 0 Å². The first-order valence-electron chi connectivity index (χ1n) is 13.9. The fraction of sp³-hybridized carbons (Fsp3) is 0.250. The van der Waals surface area contributed by atoms with Gasteiger partial charge < -0.3 is 19.3 Å². The van der Waals surface area contributed by atoms with E-state index < -0.39 is 17.7 Å². The van der Waals surface area contributed by atoms with E-state index in [4.69, 9.17) is 14.2 Å². The monoisotopic (exact) mass is 633 g/mol. The number of thioether (sulfide) groups is 1. The number of benzene rings is 3. The van der Waals surface area contributed by atoms with Crippen molar-refractivity contribution in [2.75, 3.05) is 18.6 Å². The number of hydrogen-bond donors (Lipinski definition) is 1. The Morgan fingerprint density at radius 3 is 2.73 bits per heavy atom. The summed E-state index contributed by atoms with van der Waals surface area (Å²) in [5, 5.41) is 20.2. The molecule has 0 spiro atoms. The molecule has 9 nitrogen and oxygen atoms in total. The van der Waals surface area contributed by atoms with E-state index in [9.17, 15) is 19.1 Å². The van der Waals surface area contributed by atoms with Crippen LogP contribution in [0, 0.1) is 5.82 Å².